The van der Waals surface area contributed by atoms with E-state index in [0.717, 1.165) is 4.68 Å². The van der Waals surface area contributed by atoms with E-state index in [-0.39, 0.29) is 16.9 Å². The van der Waals surface area contributed by atoms with E-state index in [1.54, 1.807) is 19.1 Å². The van der Waals surface area contributed by atoms with E-state index in [0.29, 0.717) is 5.69 Å². The van der Waals surface area contributed by atoms with E-state index in [1.165, 1.54) is 18.2 Å². The topological polar surface area (TPSA) is 80.9 Å². The summed E-state index contributed by atoms with van der Waals surface area (Å²) in [5.41, 5.74) is 0.479. The molecular weight excluding hydrogens is 210 g/mol. The smallest absolute Gasteiger partial charge is 0.294 e. The van der Waals surface area contributed by atoms with Crippen molar-refractivity contribution < 1.29 is 4.92 Å². The van der Waals surface area contributed by atoms with Gasteiger partial charge in [-0.2, -0.15) is 0 Å². The van der Waals surface area contributed by atoms with Crippen LogP contribution in [0.4, 0.5) is 5.69 Å². The molecule has 0 unspecified atom stereocenters. The van der Waals surface area contributed by atoms with Crippen molar-refractivity contribution in [3.63, 3.8) is 0 Å². The zero-order chi connectivity index (χ0) is 11.7. The molecule has 0 radical (unpaired) electrons. The molecule has 16 heavy (non-hydrogen) atoms. The van der Waals surface area contributed by atoms with Crippen LogP contribution in [0, 0.1) is 17.0 Å². The fourth-order valence-corrected chi connectivity index (χ4v) is 1.50. The third-order valence-corrected chi connectivity index (χ3v) is 2.17. The predicted molar refractivity (Wildman–Crippen MR) is 57.8 cm³/mol. The number of para-hydroxylation sites is 2. The molecule has 2 rings (SSSR count). The molecule has 1 heterocycles. The van der Waals surface area contributed by atoms with Crippen LogP contribution in [-0.4, -0.2) is 14.7 Å². The average molecular weight is 219 g/mol. The van der Waals surface area contributed by atoms with Crippen molar-refractivity contribution in [1.82, 2.24) is 9.78 Å². The molecule has 0 saturated heterocycles. The van der Waals surface area contributed by atoms with Gasteiger partial charge in [-0.1, -0.05) is 12.1 Å². The van der Waals surface area contributed by atoms with Gasteiger partial charge in [0, 0.05) is 17.8 Å². The van der Waals surface area contributed by atoms with Gasteiger partial charge in [0.05, 0.1) is 4.92 Å². The lowest BCUT2D eigenvalue weighted by atomic mass is 10.3. The number of H-pyrrole nitrogens is 1. The maximum Gasteiger partial charge on any atom is 0.294 e. The molecule has 0 aliphatic rings. The molecular formula is C10H9N3O3. The zero-order valence-corrected chi connectivity index (χ0v) is 8.51. The molecule has 82 valence electrons. The predicted octanol–water partition coefficient (Wildman–Crippen LogP) is 1.38. The van der Waals surface area contributed by atoms with Gasteiger partial charge in [-0.15, -0.1) is 0 Å². The molecule has 6 nitrogen and oxygen atoms in total. The molecule has 0 spiro atoms. The molecule has 0 bridgehead atoms. The third-order valence-electron chi connectivity index (χ3n) is 2.17. The first-order chi connectivity index (χ1) is 7.59. The zero-order valence-electron chi connectivity index (χ0n) is 8.51. The lowest BCUT2D eigenvalue weighted by Gasteiger charge is -2.02. The minimum atomic E-state index is -0.516. The standard InChI is InChI=1S/C10H9N3O3/c1-7-6-10(14)12(11-7)8-4-2-3-5-9(8)13(15)16/h2-6,11H,1H3. The van der Waals surface area contributed by atoms with E-state index in [9.17, 15) is 14.9 Å². The highest BCUT2D eigenvalue weighted by molar-refractivity contribution is 5.51. The van der Waals surface area contributed by atoms with Crippen molar-refractivity contribution in [2.24, 2.45) is 0 Å². The molecule has 1 aromatic carbocycles. The normalized spacial score (nSPS) is 10.3. The van der Waals surface area contributed by atoms with Crippen molar-refractivity contribution in [2.75, 3.05) is 0 Å². The van der Waals surface area contributed by atoms with Crippen molar-refractivity contribution in [3.05, 3.63) is 56.5 Å². The monoisotopic (exact) mass is 219 g/mol. The number of nitrogens with one attached hydrogen (secondary N) is 1. The van der Waals surface area contributed by atoms with Gasteiger partial charge in [-0.25, -0.2) is 4.68 Å². The summed E-state index contributed by atoms with van der Waals surface area (Å²) < 4.78 is 1.16. The Kier molecular flexibility index (Phi) is 2.32. The number of hydrogen-bond acceptors (Lipinski definition) is 3. The number of hydrogen-bond donors (Lipinski definition) is 1. The highest BCUT2D eigenvalue weighted by Crippen LogP contribution is 2.19. The highest BCUT2D eigenvalue weighted by Gasteiger charge is 2.15. The summed E-state index contributed by atoms with van der Waals surface area (Å²) in [4.78, 5) is 21.8. The summed E-state index contributed by atoms with van der Waals surface area (Å²) in [6.45, 7) is 1.71. The first-order valence-corrected chi connectivity index (χ1v) is 4.62. The van der Waals surface area contributed by atoms with Crippen molar-refractivity contribution >= 4 is 5.69 Å². The van der Waals surface area contributed by atoms with Gasteiger partial charge in [0.25, 0.3) is 11.2 Å². The largest absolute Gasteiger partial charge is 0.295 e. The summed E-state index contributed by atoms with van der Waals surface area (Å²) in [7, 11) is 0. The number of benzene rings is 1. The summed E-state index contributed by atoms with van der Waals surface area (Å²) >= 11 is 0. The lowest BCUT2D eigenvalue weighted by Crippen LogP contribution is -2.14. The first kappa shape index (κ1) is 10.2. The quantitative estimate of drug-likeness (QED) is 0.612. The van der Waals surface area contributed by atoms with Crippen LogP contribution in [0.5, 0.6) is 0 Å². The number of aryl methyl sites for hydroxylation is 1. The van der Waals surface area contributed by atoms with Crippen LogP contribution in [0.3, 0.4) is 0 Å². The van der Waals surface area contributed by atoms with Crippen molar-refractivity contribution in [1.29, 1.82) is 0 Å². The van der Waals surface area contributed by atoms with E-state index < -0.39 is 4.92 Å². The van der Waals surface area contributed by atoms with Crippen LogP contribution in [-0.2, 0) is 0 Å². The van der Waals surface area contributed by atoms with Crippen LogP contribution in [0.25, 0.3) is 5.69 Å². The van der Waals surface area contributed by atoms with Gasteiger partial charge in [-0.3, -0.25) is 20.0 Å². The van der Waals surface area contributed by atoms with Crippen LogP contribution < -0.4 is 5.56 Å². The molecule has 0 amide bonds. The fraction of sp³-hybridized carbons (Fsp3) is 0.100. The lowest BCUT2D eigenvalue weighted by molar-refractivity contribution is -0.384. The Balaban J connectivity index is 2.69. The molecule has 0 fully saturated rings. The summed E-state index contributed by atoms with van der Waals surface area (Å²) in [5, 5.41) is 13.5. The molecule has 0 saturated carbocycles. The van der Waals surface area contributed by atoms with Gasteiger partial charge in [0.2, 0.25) is 0 Å². The van der Waals surface area contributed by atoms with E-state index in [1.807, 2.05) is 0 Å². The Morgan fingerprint density at radius 3 is 2.62 bits per heavy atom. The number of nitro groups is 1. The summed E-state index contributed by atoms with van der Waals surface area (Å²) in [5.74, 6) is 0. The fourth-order valence-electron chi connectivity index (χ4n) is 1.50. The molecule has 2 aromatic rings. The number of nitrogens with zero attached hydrogens (tertiary/aromatic N) is 2. The Bertz CT molecular complexity index is 597. The minimum absolute atomic E-state index is 0.105. The maximum atomic E-state index is 11.5. The van der Waals surface area contributed by atoms with E-state index >= 15 is 0 Å². The van der Waals surface area contributed by atoms with E-state index in [4.69, 9.17) is 0 Å². The average Bonchev–Trinajstić information content (AvgIpc) is 2.57. The number of aromatic nitrogens is 2. The molecule has 1 N–H and O–H groups in total. The summed E-state index contributed by atoms with van der Waals surface area (Å²) in [6.07, 6.45) is 0. The Morgan fingerprint density at radius 1 is 1.38 bits per heavy atom. The second kappa shape index (κ2) is 3.65. The van der Waals surface area contributed by atoms with Crippen molar-refractivity contribution in [2.45, 2.75) is 6.92 Å². The minimum Gasteiger partial charge on any atom is -0.295 e. The molecule has 6 heteroatoms. The number of nitro benzene ring substituents is 1. The van der Waals surface area contributed by atoms with Gasteiger partial charge in [0.15, 0.2) is 0 Å². The Morgan fingerprint density at radius 2 is 2.06 bits per heavy atom. The SMILES string of the molecule is Cc1cc(=O)n(-c2ccccc2[N+](=O)[O-])[nH]1. The van der Waals surface area contributed by atoms with Gasteiger partial charge in [0.1, 0.15) is 5.69 Å². The Labute approximate surface area is 90.3 Å². The first-order valence-electron chi connectivity index (χ1n) is 4.62. The number of rotatable bonds is 2. The van der Waals surface area contributed by atoms with E-state index in [2.05, 4.69) is 5.10 Å². The Hall–Kier alpha value is -2.37. The second-order valence-corrected chi connectivity index (χ2v) is 3.36. The number of aromatic amines is 1. The molecule has 0 aliphatic heterocycles. The van der Waals surface area contributed by atoms with Gasteiger partial charge >= 0.3 is 0 Å². The molecule has 0 aliphatic carbocycles. The van der Waals surface area contributed by atoms with Crippen LogP contribution in [0.2, 0.25) is 0 Å². The van der Waals surface area contributed by atoms with Gasteiger partial charge in [-0.05, 0) is 13.0 Å². The third kappa shape index (κ3) is 1.60. The maximum absolute atomic E-state index is 11.5. The van der Waals surface area contributed by atoms with Crippen LogP contribution in [0.1, 0.15) is 5.69 Å². The highest BCUT2D eigenvalue weighted by atomic mass is 16.6. The van der Waals surface area contributed by atoms with Crippen LogP contribution >= 0.6 is 0 Å². The second-order valence-electron chi connectivity index (χ2n) is 3.36. The molecule has 0 atom stereocenters. The summed E-state index contributed by atoms with van der Waals surface area (Å²) in [6, 6.07) is 7.47. The van der Waals surface area contributed by atoms with Crippen LogP contribution in [0.15, 0.2) is 35.1 Å². The molecule has 1 aromatic heterocycles. The van der Waals surface area contributed by atoms with Gasteiger partial charge < -0.3 is 0 Å². The van der Waals surface area contributed by atoms with Crippen molar-refractivity contribution in [3.8, 4) is 5.69 Å².